The monoisotopic (exact) mass is 231 g/mol. The van der Waals surface area contributed by atoms with Crippen molar-refractivity contribution in [3.63, 3.8) is 0 Å². The smallest absolute Gasteiger partial charge is 0.310 e. The van der Waals surface area contributed by atoms with Gasteiger partial charge < -0.3 is 16.2 Å². The number of pyridine rings is 1. The third-order valence-electron chi connectivity index (χ3n) is 1.98. The summed E-state index contributed by atoms with van der Waals surface area (Å²) in [5.41, 5.74) is 10.6. The van der Waals surface area contributed by atoms with Gasteiger partial charge >= 0.3 is 5.97 Å². The maximum Gasteiger partial charge on any atom is 0.310 e. The first-order valence-electron chi connectivity index (χ1n) is 4.35. The molecule has 0 amide bonds. The van der Waals surface area contributed by atoms with E-state index >= 15 is 0 Å². The fourth-order valence-electron chi connectivity index (χ4n) is 1.14. The second kappa shape index (κ2) is 4.73. The summed E-state index contributed by atoms with van der Waals surface area (Å²) in [6.45, 7) is 0. The second-order valence-corrected chi connectivity index (χ2v) is 3.06. The van der Waals surface area contributed by atoms with E-state index in [0.29, 0.717) is 0 Å². The number of nitrogen functional groups attached to an aromatic ring is 2. The number of ether oxygens (including phenoxy) is 1. The molecular weight excluding hydrogens is 220 g/mol. The second-order valence-electron chi connectivity index (χ2n) is 3.06. The number of anilines is 2. The molecule has 0 saturated heterocycles. The molecule has 0 saturated carbocycles. The highest BCUT2D eigenvalue weighted by molar-refractivity contribution is 5.77. The molecule has 0 aromatic carbocycles. The van der Waals surface area contributed by atoms with Crippen LogP contribution in [0, 0.1) is 0 Å². The summed E-state index contributed by atoms with van der Waals surface area (Å²) in [5.74, 6) is -0.797. The molecule has 88 valence electrons. The number of halogens is 2. The van der Waals surface area contributed by atoms with Gasteiger partial charge in [0.05, 0.1) is 19.2 Å². The summed E-state index contributed by atoms with van der Waals surface area (Å²) < 4.78 is 29.2. The summed E-state index contributed by atoms with van der Waals surface area (Å²) in [5, 5.41) is 0. The molecule has 1 rings (SSSR count). The van der Waals surface area contributed by atoms with Gasteiger partial charge in [-0.1, -0.05) is 0 Å². The van der Waals surface area contributed by atoms with Crippen LogP contribution in [0.25, 0.3) is 0 Å². The van der Waals surface area contributed by atoms with Gasteiger partial charge in [-0.2, -0.15) is 0 Å². The molecule has 1 aromatic heterocycles. The lowest BCUT2D eigenvalue weighted by Gasteiger charge is -2.09. The first-order chi connectivity index (χ1) is 7.45. The van der Waals surface area contributed by atoms with E-state index in [2.05, 4.69) is 9.72 Å². The van der Waals surface area contributed by atoms with Crippen molar-refractivity contribution >= 4 is 17.5 Å². The zero-order chi connectivity index (χ0) is 12.3. The molecule has 0 spiro atoms. The molecule has 0 unspecified atom stereocenters. The average Bonchev–Trinajstić information content (AvgIpc) is 2.23. The highest BCUT2D eigenvalue weighted by Crippen LogP contribution is 2.25. The normalized spacial score (nSPS) is 10.5. The lowest BCUT2D eigenvalue weighted by molar-refractivity contribution is -0.139. The van der Waals surface area contributed by atoms with E-state index in [1.807, 2.05) is 0 Å². The minimum Gasteiger partial charge on any atom is -0.469 e. The SMILES string of the molecule is COC(=O)Cc1cc(C(F)F)nc(N)c1N. The van der Waals surface area contributed by atoms with Crippen molar-refractivity contribution < 1.29 is 18.3 Å². The van der Waals surface area contributed by atoms with Crippen LogP contribution in [0.4, 0.5) is 20.3 Å². The molecule has 0 radical (unpaired) electrons. The fourth-order valence-corrected chi connectivity index (χ4v) is 1.14. The molecular formula is C9H11F2N3O2. The van der Waals surface area contributed by atoms with Crippen LogP contribution in [-0.4, -0.2) is 18.1 Å². The zero-order valence-corrected chi connectivity index (χ0v) is 8.54. The van der Waals surface area contributed by atoms with Crippen LogP contribution in [0.2, 0.25) is 0 Å². The average molecular weight is 231 g/mol. The molecule has 0 aliphatic heterocycles. The predicted molar refractivity (Wildman–Crippen MR) is 53.7 cm³/mol. The first-order valence-corrected chi connectivity index (χ1v) is 4.35. The summed E-state index contributed by atoms with van der Waals surface area (Å²) in [6.07, 6.45) is -2.98. The van der Waals surface area contributed by atoms with Crippen LogP contribution in [0.1, 0.15) is 17.7 Å². The number of carbonyl (C=O) groups is 1. The van der Waals surface area contributed by atoms with Gasteiger partial charge in [0.25, 0.3) is 6.43 Å². The van der Waals surface area contributed by atoms with Crippen LogP contribution in [0.3, 0.4) is 0 Å². The molecule has 0 aliphatic carbocycles. The third kappa shape index (κ3) is 2.56. The van der Waals surface area contributed by atoms with Crippen LogP contribution in [0.15, 0.2) is 6.07 Å². The van der Waals surface area contributed by atoms with Gasteiger partial charge in [-0.05, 0) is 11.6 Å². The van der Waals surface area contributed by atoms with E-state index in [1.54, 1.807) is 0 Å². The minimum atomic E-state index is -2.76. The Morgan fingerprint density at radius 1 is 1.56 bits per heavy atom. The van der Waals surface area contributed by atoms with Gasteiger partial charge in [-0.25, -0.2) is 13.8 Å². The van der Waals surface area contributed by atoms with E-state index in [4.69, 9.17) is 11.5 Å². The number of aromatic nitrogens is 1. The van der Waals surface area contributed by atoms with E-state index in [-0.39, 0.29) is 23.5 Å². The van der Waals surface area contributed by atoms with Gasteiger partial charge in [0.2, 0.25) is 0 Å². The number of hydrogen-bond donors (Lipinski definition) is 2. The highest BCUT2D eigenvalue weighted by atomic mass is 19.3. The summed E-state index contributed by atoms with van der Waals surface area (Å²) in [4.78, 5) is 14.4. The number of esters is 1. The lowest BCUT2D eigenvalue weighted by Crippen LogP contribution is -2.11. The number of nitrogens with two attached hydrogens (primary N) is 2. The number of hydrogen-bond acceptors (Lipinski definition) is 5. The molecule has 1 heterocycles. The van der Waals surface area contributed by atoms with Crippen molar-refractivity contribution in [2.24, 2.45) is 0 Å². The molecule has 7 heteroatoms. The number of nitrogens with zero attached hydrogens (tertiary/aromatic N) is 1. The molecule has 0 aliphatic rings. The Balaban J connectivity index is 3.11. The maximum atomic E-state index is 12.4. The molecule has 4 N–H and O–H groups in total. The summed E-state index contributed by atoms with van der Waals surface area (Å²) in [7, 11) is 1.19. The molecule has 5 nitrogen and oxygen atoms in total. The number of rotatable bonds is 3. The van der Waals surface area contributed by atoms with Crippen molar-refractivity contribution in [2.75, 3.05) is 18.6 Å². The van der Waals surface area contributed by atoms with Crippen molar-refractivity contribution in [1.82, 2.24) is 4.98 Å². The van der Waals surface area contributed by atoms with E-state index in [1.165, 1.54) is 7.11 Å². The molecule has 0 atom stereocenters. The number of alkyl halides is 2. The molecule has 0 fully saturated rings. The third-order valence-corrected chi connectivity index (χ3v) is 1.98. The van der Waals surface area contributed by atoms with Gasteiger partial charge in [0, 0.05) is 0 Å². The van der Waals surface area contributed by atoms with Gasteiger partial charge in [0.1, 0.15) is 11.5 Å². The standard InChI is InChI=1S/C9H11F2N3O2/c1-16-6(15)3-4-2-5(8(10)11)14-9(13)7(4)12/h2,8H,3,12H2,1H3,(H2,13,14). The maximum absolute atomic E-state index is 12.4. The van der Waals surface area contributed by atoms with Crippen LogP contribution < -0.4 is 11.5 Å². The Morgan fingerprint density at radius 2 is 2.19 bits per heavy atom. The quantitative estimate of drug-likeness (QED) is 0.754. The molecule has 16 heavy (non-hydrogen) atoms. The highest BCUT2D eigenvalue weighted by Gasteiger charge is 2.16. The van der Waals surface area contributed by atoms with Crippen LogP contribution >= 0.6 is 0 Å². The van der Waals surface area contributed by atoms with Gasteiger partial charge in [-0.3, -0.25) is 4.79 Å². The van der Waals surface area contributed by atoms with E-state index in [9.17, 15) is 13.6 Å². The largest absolute Gasteiger partial charge is 0.469 e. The number of carbonyl (C=O) groups excluding carboxylic acids is 1. The first kappa shape index (κ1) is 12.2. The number of methoxy groups -OCH3 is 1. The Kier molecular flexibility index (Phi) is 3.60. The Hall–Kier alpha value is -1.92. The Morgan fingerprint density at radius 3 is 2.69 bits per heavy atom. The Bertz CT molecular complexity index is 410. The van der Waals surface area contributed by atoms with Crippen molar-refractivity contribution in [1.29, 1.82) is 0 Å². The molecule has 0 bridgehead atoms. The van der Waals surface area contributed by atoms with Crippen molar-refractivity contribution in [3.8, 4) is 0 Å². The van der Waals surface area contributed by atoms with Crippen LogP contribution in [0.5, 0.6) is 0 Å². The predicted octanol–water partition coefficient (Wildman–Crippen LogP) is 0.899. The van der Waals surface area contributed by atoms with E-state index in [0.717, 1.165) is 6.07 Å². The Labute approximate surface area is 90.4 Å². The summed E-state index contributed by atoms with van der Waals surface area (Å²) >= 11 is 0. The van der Waals surface area contributed by atoms with E-state index < -0.39 is 18.1 Å². The zero-order valence-electron chi connectivity index (χ0n) is 8.54. The topological polar surface area (TPSA) is 91.2 Å². The van der Waals surface area contributed by atoms with Crippen molar-refractivity contribution in [3.05, 3.63) is 17.3 Å². The van der Waals surface area contributed by atoms with Crippen LogP contribution in [-0.2, 0) is 16.0 Å². The lowest BCUT2D eigenvalue weighted by atomic mass is 10.1. The van der Waals surface area contributed by atoms with Crippen molar-refractivity contribution in [2.45, 2.75) is 12.8 Å². The van der Waals surface area contributed by atoms with Gasteiger partial charge in [-0.15, -0.1) is 0 Å². The fraction of sp³-hybridized carbons (Fsp3) is 0.333. The minimum absolute atomic E-state index is 0.0230. The van der Waals surface area contributed by atoms with Gasteiger partial charge in [0.15, 0.2) is 0 Å². The molecule has 1 aromatic rings. The summed E-state index contributed by atoms with van der Waals surface area (Å²) in [6, 6.07) is 1.05.